The smallest absolute Gasteiger partial charge is 0.463 e. The molecule has 1 rings (SSSR count). The Morgan fingerprint density at radius 2 is 1.84 bits per heavy atom. The molecule has 9 heteroatoms. The number of amides is 1. The van der Waals surface area contributed by atoms with Crippen LogP contribution in [0.2, 0.25) is 5.02 Å². The van der Waals surface area contributed by atoms with Crippen molar-refractivity contribution in [3.63, 3.8) is 0 Å². The summed E-state index contributed by atoms with van der Waals surface area (Å²) in [5.41, 5.74) is -0.407. The number of hydrogen-bond acceptors (Lipinski definition) is 2. The highest BCUT2D eigenvalue weighted by molar-refractivity contribution is 6.33. The third-order valence-electron chi connectivity index (χ3n) is 2.06. The van der Waals surface area contributed by atoms with E-state index in [1.54, 1.807) is 0 Å². The molecular weight excluding hydrogens is 297 g/mol. The molecule has 0 radical (unpaired) electrons. The summed E-state index contributed by atoms with van der Waals surface area (Å²) in [5.74, 6) is -7.90. The lowest BCUT2D eigenvalue weighted by Gasteiger charge is -2.19. The van der Waals surface area contributed by atoms with Gasteiger partial charge in [0.15, 0.2) is 0 Å². The predicted octanol–water partition coefficient (Wildman–Crippen LogP) is 3.48. The molecule has 0 aliphatic rings. The van der Waals surface area contributed by atoms with Crippen LogP contribution in [0.25, 0.3) is 0 Å². The molecule has 0 bridgehead atoms. The highest BCUT2D eigenvalue weighted by atomic mass is 35.5. The summed E-state index contributed by atoms with van der Waals surface area (Å²) in [4.78, 5) is 11.0. The van der Waals surface area contributed by atoms with Crippen LogP contribution in [0.3, 0.4) is 0 Å². The highest BCUT2D eigenvalue weighted by Gasteiger charge is 2.63. The van der Waals surface area contributed by atoms with Gasteiger partial charge in [0.05, 0.1) is 17.8 Å². The Morgan fingerprint density at radius 1 is 1.26 bits per heavy atom. The number of hydrogen-bond donors (Lipinski definition) is 1. The van der Waals surface area contributed by atoms with Crippen LogP contribution in [0.5, 0.6) is 5.75 Å². The van der Waals surface area contributed by atoms with Crippen molar-refractivity contribution in [3.8, 4) is 5.75 Å². The Balaban J connectivity index is 3.00. The first-order chi connectivity index (χ1) is 8.59. The van der Waals surface area contributed by atoms with E-state index >= 15 is 0 Å². The third-order valence-corrected chi connectivity index (χ3v) is 2.39. The van der Waals surface area contributed by atoms with E-state index in [9.17, 15) is 26.7 Å². The molecule has 0 fully saturated rings. The van der Waals surface area contributed by atoms with E-state index in [0.29, 0.717) is 0 Å². The minimum absolute atomic E-state index is 0.134. The molecule has 1 N–H and O–H groups in total. The SMILES string of the molecule is COc1ccc(Cl)c(NC(=O)C(F)(F)C(F)(F)F)c1. The number of ether oxygens (including phenoxy) is 1. The summed E-state index contributed by atoms with van der Waals surface area (Å²) in [6.45, 7) is 0. The first kappa shape index (κ1) is 15.5. The van der Waals surface area contributed by atoms with E-state index in [2.05, 4.69) is 0 Å². The van der Waals surface area contributed by atoms with Crippen LogP contribution in [0.15, 0.2) is 18.2 Å². The Hall–Kier alpha value is -1.57. The lowest BCUT2D eigenvalue weighted by molar-refractivity contribution is -0.267. The lowest BCUT2D eigenvalue weighted by atomic mass is 10.2. The maximum atomic E-state index is 12.7. The normalized spacial score (nSPS) is 12.2. The molecule has 1 aromatic carbocycles. The number of alkyl halides is 5. The fourth-order valence-corrected chi connectivity index (χ4v) is 1.22. The zero-order valence-electron chi connectivity index (χ0n) is 9.32. The Bertz CT molecular complexity index is 489. The first-order valence-electron chi connectivity index (χ1n) is 4.69. The number of halogens is 6. The summed E-state index contributed by atoms with van der Waals surface area (Å²) in [7, 11) is 1.25. The van der Waals surface area contributed by atoms with Gasteiger partial charge in [-0.2, -0.15) is 22.0 Å². The standard InChI is InChI=1S/C10H7ClF5NO2/c1-19-5-2-3-6(11)7(4-5)17-8(18)9(12,13)10(14,15)16/h2-4H,1H3,(H,17,18). The average Bonchev–Trinajstić information content (AvgIpc) is 2.30. The topological polar surface area (TPSA) is 38.3 Å². The van der Waals surface area contributed by atoms with Gasteiger partial charge < -0.3 is 10.1 Å². The first-order valence-corrected chi connectivity index (χ1v) is 5.07. The van der Waals surface area contributed by atoms with Crippen molar-refractivity contribution in [3.05, 3.63) is 23.2 Å². The van der Waals surface area contributed by atoms with Crippen LogP contribution in [0.1, 0.15) is 0 Å². The monoisotopic (exact) mass is 303 g/mol. The zero-order chi connectivity index (χ0) is 14.8. The van der Waals surface area contributed by atoms with Crippen LogP contribution in [-0.2, 0) is 4.79 Å². The second-order valence-electron chi connectivity index (χ2n) is 3.37. The number of nitrogens with one attached hydrogen (secondary N) is 1. The van der Waals surface area contributed by atoms with Crippen LogP contribution < -0.4 is 10.1 Å². The fraction of sp³-hybridized carbons (Fsp3) is 0.300. The van der Waals surface area contributed by atoms with Gasteiger partial charge in [-0.05, 0) is 12.1 Å². The summed E-state index contributed by atoms with van der Waals surface area (Å²) in [6, 6.07) is 3.55. The van der Waals surface area contributed by atoms with Gasteiger partial charge in [0.1, 0.15) is 5.75 Å². The summed E-state index contributed by atoms with van der Waals surface area (Å²) in [5, 5.41) is 1.21. The number of carbonyl (C=O) groups excluding carboxylic acids is 1. The van der Waals surface area contributed by atoms with E-state index in [-0.39, 0.29) is 10.8 Å². The van der Waals surface area contributed by atoms with Gasteiger partial charge in [0, 0.05) is 6.07 Å². The molecule has 0 saturated carbocycles. The van der Waals surface area contributed by atoms with Crippen molar-refractivity contribution in [2.24, 2.45) is 0 Å². The molecule has 0 atom stereocenters. The van der Waals surface area contributed by atoms with E-state index in [1.807, 2.05) is 0 Å². The fourth-order valence-electron chi connectivity index (χ4n) is 1.06. The van der Waals surface area contributed by atoms with Crippen LogP contribution in [0.4, 0.5) is 27.6 Å². The molecule has 0 aliphatic carbocycles. The maximum Gasteiger partial charge on any atom is 0.463 e. The second-order valence-corrected chi connectivity index (χ2v) is 3.78. The molecular formula is C10H7ClF5NO2. The molecule has 0 unspecified atom stereocenters. The van der Waals surface area contributed by atoms with Gasteiger partial charge in [0.2, 0.25) is 0 Å². The van der Waals surface area contributed by atoms with E-state index in [4.69, 9.17) is 16.3 Å². The lowest BCUT2D eigenvalue weighted by Crippen LogP contribution is -2.47. The average molecular weight is 304 g/mol. The molecule has 0 aliphatic heterocycles. The van der Waals surface area contributed by atoms with Crippen molar-refractivity contribution in [1.29, 1.82) is 0 Å². The Morgan fingerprint density at radius 3 is 2.32 bits per heavy atom. The van der Waals surface area contributed by atoms with Crippen molar-refractivity contribution in [1.82, 2.24) is 0 Å². The van der Waals surface area contributed by atoms with E-state index < -0.39 is 23.7 Å². The predicted molar refractivity (Wildman–Crippen MR) is 57.6 cm³/mol. The van der Waals surface area contributed by atoms with Crippen molar-refractivity contribution >= 4 is 23.2 Å². The van der Waals surface area contributed by atoms with E-state index in [1.165, 1.54) is 24.6 Å². The Kier molecular flexibility index (Phi) is 4.24. The largest absolute Gasteiger partial charge is 0.497 e. The molecule has 0 saturated heterocycles. The number of benzene rings is 1. The number of rotatable bonds is 3. The number of carbonyl (C=O) groups is 1. The minimum atomic E-state index is -5.98. The summed E-state index contributed by atoms with van der Waals surface area (Å²) < 4.78 is 66.0. The van der Waals surface area contributed by atoms with Gasteiger partial charge >= 0.3 is 18.0 Å². The van der Waals surface area contributed by atoms with Crippen molar-refractivity contribution < 1.29 is 31.5 Å². The summed E-state index contributed by atoms with van der Waals surface area (Å²) in [6.07, 6.45) is -5.98. The zero-order valence-corrected chi connectivity index (χ0v) is 10.1. The van der Waals surface area contributed by atoms with Gasteiger partial charge in [-0.25, -0.2) is 0 Å². The van der Waals surface area contributed by atoms with Crippen molar-refractivity contribution in [2.45, 2.75) is 12.1 Å². The van der Waals surface area contributed by atoms with Gasteiger partial charge in [-0.15, -0.1) is 0 Å². The third kappa shape index (κ3) is 3.25. The second kappa shape index (κ2) is 5.20. The van der Waals surface area contributed by atoms with Crippen molar-refractivity contribution in [2.75, 3.05) is 12.4 Å². The molecule has 19 heavy (non-hydrogen) atoms. The molecule has 0 spiro atoms. The van der Waals surface area contributed by atoms with Gasteiger partial charge in [-0.3, -0.25) is 4.79 Å². The van der Waals surface area contributed by atoms with Crippen LogP contribution in [-0.4, -0.2) is 25.1 Å². The Labute approximate surface area is 109 Å². The number of methoxy groups -OCH3 is 1. The van der Waals surface area contributed by atoms with Crippen LogP contribution in [0, 0.1) is 0 Å². The van der Waals surface area contributed by atoms with Gasteiger partial charge in [-0.1, -0.05) is 11.6 Å². The highest BCUT2D eigenvalue weighted by Crippen LogP contribution is 2.37. The molecule has 0 aromatic heterocycles. The number of anilines is 1. The maximum absolute atomic E-state index is 12.7. The van der Waals surface area contributed by atoms with Crippen LogP contribution >= 0.6 is 11.6 Å². The molecule has 106 valence electrons. The molecule has 0 heterocycles. The van der Waals surface area contributed by atoms with E-state index in [0.717, 1.165) is 6.07 Å². The minimum Gasteiger partial charge on any atom is -0.497 e. The molecule has 3 nitrogen and oxygen atoms in total. The summed E-state index contributed by atoms with van der Waals surface area (Å²) >= 11 is 5.57. The van der Waals surface area contributed by atoms with Gasteiger partial charge in [0.25, 0.3) is 0 Å². The molecule has 1 aromatic rings. The molecule has 1 amide bonds. The quantitative estimate of drug-likeness (QED) is 0.868.